The van der Waals surface area contributed by atoms with Crippen molar-refractivity contribution < 1.29 is 9.84 Å². The Labute approximate surface area is 114 Å². The van der Waals surface area contributed by atoms with Gasteiger partial charge in [0.05, 0.1) is 19.8 Å². The predicted octanol–water partition coefficient (Wildman–Crippen LogP) is 1.20. The number of aliphatic hydroxyl groups is 1. The lowest BCUT2D eigenvalue weighted by molar-refractivity contribution is 0.0992. The van der Waals surface area contributed by atoms with Crippen molar-refractivity contribution in [2.24, 2.45) is 0 Å². The van der Waals surface area contributed by atoms with Gasteiger partial charge in [-0.25, -0.2) is 9.97 Å². The number of aryl methyl sites for hydroxylation is 1. The van der Waals surface area contributed by atoms with Crippen molar-refractivity contribution in [2.45, 2.75) is 27.2 Å². The van der Waals surface area contributed by atoms with Crippen LogP contribution in [0.1, 0.15) is 25.2 Å². The summed E-state index contributed by atoms with van der Waals surface area (Å²) in [5, 5.41) is 15.1. The molecule has 0 unspecified atom stereocenters. The fourth-order valence-corrected chi connectivity index (χ4v) is 1.64. The van der Waals surface area contributed by atoms with E-state index in [-0.39, 0.29) is 6.61 Å². The number of nitrogens with one attached hydrogen (secondary N) is 2. The van der Waals surface area contributed by atoms with E-state index < -0.39 is 0 Å². The van der Waals surface area contributed by atoms with Gasteiger partial charge in [-0.15, -0.1) is 0 Å². The number of rotatable bonds is 9. The van der Waals surface area contributed by atoms with Crippen molar-refractivity contribution in [3.63, 3.8) is 0 Å². The molecular formula is C13H24N4O2. The minimum Gasteiger partial charge on any atom is -0.394 e. The summed E-state index contributed by atoms with van der Waals surface area (Å²) in [7, 11) is 0. The van der Waals surface area contributed by atoms with Crippen molar-refractivity contribution in [3.8, 4) is 0 Å². The molecule has 1 aromatic rings. The summed E-state index contributed by atoms with van der Waals surface area (Å²) in [5.41, 5.74) is 1.02. The SMILES string of the molecule is CCNc1nc(CC)nc(NCCOCCO)c1C. The number of hydrogen-bond donors (Lipinski definition) is 3. The number of anilines is 2. The van der Waals surface area contributed by atoms with Gasteiger partial charge in [0.15, 0.2) is 0 Å². The van der Waals surface area contributed by atoms with E-state index in [0.29, 0.717) is 19.8 Å². The number of ether oxygens (including phenoxy) is 1. The summed E-state index contributed by atoms with van der Waals surface area (Å²) in [6, 6.07) is 0. The molecule has 0 aliphatic carbocycles. The van der Waals surface area contributed by atoms with Crippen LogP contribution in [0.2, 0.25) is 0 Å². The molecule has 0 radical (unpaired) electrons. The first-order valence-electron chi connectivity index (χ1n) is 6.76. The van der Waals surface area contributed by atoms with Crippen LogP contribution >= 0.6 is 0 Å². The number of aliphatic hydroxyl groups excluding tert-OH is 1. The molecule has 0 spiro atoms. The summed E-state index contributed by atoms with van der Waals surface area (Å²) >= 11 is 0. The Bertz CT molecular complexity index is 385. The van der Waals surface area contributed by atoms with Gasteiger partial charge in [-0.2, -0.15) is 0 Å². The Morgan fingerprint density at radius 1 is 1.11 bits per heavy atom. The van der Waals surface area contributed by atoms with Gasteiger partial charge < -0.3 is 20.5 Å². The first-order chi connectivity index (χ1) is 9.22. The zero-order valence-corrected chi connectivity index (χ0v) is 12.0. The first kappa shape index (κ1) is 15.7. The van der Waals surface area contributed by atoms with Crippen LogP contribution in [0.5, 0.6) is 0 Å². The maximum atomic E-state index is 8.62. The molecule has 0 amide bonds. The predicted molar refractivity (Wildman–Crippen MR) is 76.7 cm³/mol. The lowest BCUT2D eigenvalue weighted by Crippen LogP contribution is -2.15. The highest BCUT2D eigenvalue weighted by Gasteiger charge is 2.09. The molecule has 6 heteroatoms. The minimum atomic E-state index is 0.0527. The van der Waals surface area contributed by atoms with Crippen LogP contribution in [-0.2, 0) is 11.2 Å². The molecule has 19 heavy (non-hydrogen) atoms. The van der Waals surface area contributed by atoms with Gasteiger partial charge in [-0.3, -0.25) is 0 Å². The van der Waals surface area contributed by atoms with Crippen LogP contribution in [-0.4, -0.2) is 48.0 Å². The molecule has 3 N–H and O–H groups in total. The highest BCUT2D eigenvalue weighted by Crippen LogP contribution is 2.19. The number of aromatic nitrogens is 2. The fourth-order valence-electron chi connectivity index (χ4n) is 1.64. The summed E-state index contributed by atoms with van der Waals surface area (Å²) in [6.45, 7) is 8.53. The highest BCUT2D eigenvalue weighted by molar-refractivity contribution is 5.57. The second kappa shape index (κ2) is 8.66. The quantitative estimate of drug-likeness (QED) is 0.584. The van der Waals surface area contributed by atoms with E-state index in [9.17, 15) is 0 Å². The summed E-state index contributed by atoms with van der Waals surface area (Å²) in [6.07, 6.45) is 0.800. The molecule has 1 aromatic heterocycles. The molecule has 6 nitrogen and oxygen atoms in total. The molecule has 108 valence electrons. The van der Waals surface area contributed by atoms with Gasteiger partial charge in [0.1, 0.15) is 17.5 Å². The molecule has 0 fully saturated rings. The molecule has 0 aliphatic heterocycles. The molecule has 0 saturated carbocycles. The van der Waals surface area contributed by atoms with Gasteiger partial charge in [0.25, 0.3) is 0 Å². The third-order valence-corrected chi connectivity index (χ3v) is 2.63. The molecule has 1 rings (SSSR count). The largest absolute Gasteiger partial charge is 0.394 e. The van der Waals surface area contributed by atoms with Crippen molar-refractivity contribution in [3.05, 3.63) is 11.4 Å². The average molecular weight is 268 g/mol. The van der Waals surface area contributed by atoms with E-state index >= 15 is 0 Å². The first-order valence-corrected chi connectivity index (χ1v) is 6.76. The fraction of sp³-hybridized carbons (Fsp3) is 0.692. The molecule has 0 saturated heterocycles. The smallest absolute Gasteiger partial charge is 0.134 e. The maximum Gasteiger partial charge on any atom is 0.134 e. The third kappa shape index (κ3) is 5.00. The molecule has 0 bridgehead atoms. The molecule has 1 heterocycles. The summed E-state index contributed by atoms with van der Waals surface area (Å²) in [4.78, 5) is 8.96. The van der Waals surface area contributed by atoms with Crippen LogP contribution in [0.4, 0.5) is 11.6 Å². The van der Waals surface area contributed by atoms with Crippen LogP contribution in [0.3, 0.4) is 0 Å². The molecule has 0 atom stereocenters. The highest BCUT2D eigenvalue weighted by atomic mass is 16.5. The Balaban J connectivity index is 2.67. The lowest BCUT2D eigenvalue weighted by Gasteiger charge is -2.14. The molecule has 0 aromatic carbocycles. The normalized spacial score (nSPS) is 10.5. The monoisotopic (exact) mass is 268 g/mol. The third-order valence-electron chi connectivity index (χ3n) is 2.63. The second-order valence-corrected chi connectivity index (χ2v) is 4.11. The topological polar surface area (TPSA) is 79.3 Å². The zero-order valence-electron chi connectivity index (χ0n) is 12.0. The van der Waals surface area contributed by atoms with Crippen molar-refractivity contribution in [1.29, 1.82) is 0 Å². The number of hydrogen-bond acceptors (Lipinski definition) is 6. The summed E-state index contributed by atoms with van der Waals surface area (Å²) < 4.78 is 5.21. The van der Waals surface area contributed by atoms with E-state index in [0.717, 1.165) is 36.0 Å². The van der Waals surface area contributed by atoms with Crippen molar-refractivity contribution in [2.75, 3.05) is 43.5 Å². The Hall–Kier alpha value is -1.40. The van der Waals surface area contributed by atoms with Gasteiger partial charge in [-0.05, 0) is 13.8 Å². The van der Waals surface area contributed by atoms with E-state index in [1.165, 1.54) is 0 Å². The van der Waals surface area contributed by atoms with Gasteiger partial charge in [-0.1, -0.05) is 6.92 Å². The zero-order chi connectivity index (χ0) is 14.1. The second-order valence-electron chi connectivity index (χ2n) is 4.11. The maximum absolute atomic E-state index is 8.62. The van der Waals surface area contributed by atoms with Gasteiger partial charge in [0, 0.05) is 25.1 Å². The van der Waals surface area contributed by atoms with Gasteiger partial charge in [0.2, 0.25) is 0 Å². The van der Waals surface area contributed by atoms with E-state index in [1.807, 2.05) is 20.8 Å². The minimum absolute atomic E-state index is 0.0527. The van der Waals surface area contributed by atoms with Crippen LogP contribution in [0.25, 0.3) is 0 Å². The van der Waals surface area contributed by atoms with Crippen molar-refractivity contribution in [1.82, 2.24) is 9.97 Å². The molecule has 0 aliphatic rings. The summed E-state index contributed by atoms with van der Waals surface area (Å²) in [5.74, 6) is 2.55. The standard InChI is InChI=1S/C13H24N4O2/c1-4-11-16-12(14-5-2)10(3)13(17-11)15-6-8-19-9-7-18/h18H,4-9H2,1-3H3,(H2,14,15,16,17). The van der Waals surface area contributed by atoms with Crippen molar-refractivity contribution >= 4 is 11.6 Å². The van der Waals surface area contributed by atoms with Crippen LogP contribution in [0, 0.1) is 6.92 Å². The van der Waals surface area contributed by atoms with E-state index in [2.05, 4.69) is 20.6 Å². The Morgan fingerprint density at radius 2 is 1.79 bits per heavy atom. The molecular weight excluding hydrogens is 244 g/mol. The van der Waals surface area contributed by atoms with E-state index in [4.69, 9.17) is 9.84 Å². The van der Waals surface area contributed by atoms with Crippen LogP contribution in [0.15, 0.2) is 0 Å². The van der Waals surface area contributed by atoms with Crippen LogP contribution < -0.4 is 10.6 Å². The average Bonchev–Trinajstić information content (AvgIpc) is 2.42. The Morgan fingerprint density at radius 3 is 2.37 bits per heavy atom. The number of nitrogens with zero attached hydrogens (tertiary/aromatic N) is 2. The lowest BCUT2D eigenvalue weighted by atomic mass is 10.3. The Kier molecular flexibility index (Phi) is 7.14. The van der Waals surface area contributed by atoms with Gasteiger partial charge >= 0.3 is 0 Å². The van der Waals surface area contributed by atoms with E-state index in [1.54, 1.807) is 0 Å².